The maximum atomic E-state index is 10.6. The Kier molecular flexibility index (Phi) is 3.15. The second-order valence-corrected chi connectivity index (χ2v) is 2.27. The zero-order valence-corrected chi connectivity index (χ0v) is 7.25. The number of carboxylic acids is 1. The lowest BCUT2D eigenvalue weighted by atomic mass is 10.2. The van der Waals surface area contributed by atoms with Crippen LogP contribution in [-0.2, 0) is 12.4 Å². The molecule has 0 fully saturated rings. The summed E-state index contributed by atoms with van der Waals surface area (Å²) >= 11 is 4.20. The Balaban J connectivity index is 2.90. The van der Waals surface area contributed by atoms with Crippen LogP contribution in [-0.4, -0.2) is 11.1 Å². The molecule has 0 aliphatic carbocycles. The molecular weight excluding hydrogens is 192 g/mol. The van der Waals surface area contributed by atoms with Crippen LogP contribution in [0.15, 0.2) is 28.7 Å². The van der Waals surface area contributed by atoms with Crippen molar-refractivity contribution in [2.45, 2.75) is 0 Å². The highest BCUT2D eigenvalue weighted by atomic mass is 32.1. The minimum absolute atomic E-state index is 0.0497. The quantitative estimate of drug-likeness (QED) is 0.704. The van der Waals surface area contributed by atoms with Gasteiger partial charge in [-0.1, -0.05) is 16.6 Å². The Morgan fingerprint density at radius 3 is 2.85 bits per heavy atom. The molecule has 1 aromatic rings. The van der Waals surface area contributed by atoms with Gasteiger partial charge in [-0.3, -0.25) is 0 Å². The summed E-state index contributed by atoms with van der Waals surface area (Å²) in [7, 11) is 0. The summed E-state index contributed by atoms with van der Waals surface area (Å²) < 4.78 is 3.05. The van der Waals surface area contributed by atoms with Crippen molar-refractivity contribution in [3.63, 3.8) is 0 Å². The van der Waals surface area contributed by atoms with Crippen molar-refractivity contribution in [3.8, 4) is 5.75 Å². The van der Waals surface area contributed by atoms with Crippen molar-refractivity contribution in [3.05, 3.63) is 29.8 Å². The second kappa shape index (κ2) is 4.36. The van der Waals surface area contributed by atoms with E-state index in [1.54, 1.807) is 12.1 Å². The summed E-state index contributed by atoms with van der Waals surface area (Å²) in [4.78, 5) is 15.4. The summed E-state index contributed by atoms with van der Waals surface area (Å²) in [5.41, 5.74) is 2.09. The van der Waals surface area contributed by atoms with E-state index in [9.17, 15) is 4.79 Å². The molecule has 0 bridgehead atoms. The van der Waals surface area contributed by atoms with E-state index in [2.05, 4.69) is 16.9 Å². The lowest BCUT2D eigenvalue weighted by Gasteiger charge is -2.04. The van der Waals surface area contributed by atoms with E-state index in [1.165, 1.54) is 12.1 Å². The summed E-state index contributed by atoms with van der Waals surface area (Å²) in [6.07, 6.45) is 0. The number of carboxylic acid groups (broad SMARTS) is 1. The van der Waals surface area contributed by atoms with E-state index in [4.69, 9.17) is 9.94 Å². The number of nitrogens with zero attached hydrogens (tertiary/aromatic N) is 1. The van der Waals surface area contributed by atoms with Crippen molar-refractivity contribution in [1.82, 2.24) is 5.59 Å². The van der Waals surface area contributed by atoms with Crippen LogP contribution in [0.5, 0.6) is 5.75 Å². The monoisotopic (exact) mass is 198 g/mol. The van der Waals surface area contributed by atoms with Gasteiger partial charge in [-0.2, -0.15) is 0 Å². The molecule has 0 saturated carbocycles. The van der Waals surface area contributed by atoms with Gasteiger partial charge in [0.05, 0.1) is 12.4 Å². The number of nitrogens with one attached hydrogen (secondary N) is 1. The van der Waals surface area contributed by atoms with Crippen LogP contribution in [0.3, 0.4) is 0 Å². The summed E-state index contributed by atoms with van der Waals surface area (Å²) in [5, 5.41) is 8.70. The van der Waals surface area contributed by atoms with Crippen LogP contribution >= 0.6 is 0 Å². The van der Waals surface area contributed by atoms with Gasteiger partial charge < -0.3 is 9.94 Å². The third-order valence-electron chi connectivity index (χ3n) is 1.31. The number of para-hydroxylation sites is 1. The third kappa shape index (κ3) is 2.38. The molecule has 1 rings (SSSR count). The van der Waals surface area contributed by atoms with Gasteiger partial charge in [0, 0.05) is 0 Å². The first-order valence-corrected chi connectivity index (χ1v) is 3.68. The Bertz CT molecular complexity index is 329. The molecule has 0 spiro atoms. The SMILES string of the molecule is O=C(O)c1ccccc1ONN=S. The van der Waals surface area contributed by atoms with E-state index in [0.717, 1.165) is 0 Å². The van der Waals surface area contributed by atoms with E-state index in [-0.39, 0.29) is 11.3 Å². The van der Waals surface area contributed by atoms with Crippen molar-refractivity contribution in [2.24, 2.45) is 4.47 Å². The van der Waals surface area contributed by atoms with Gasteiger partial charge in [0.15, 0.2) is 5.75 Å². The number of carbonyl (C=O) groups is 1. The highest BCUT2D eigenvalue weighted by Crippen LogP contribution is 2.16. The number of hydrogen-bond acceptors (Lipinski definition) is 4. The minimum atomic E-state index is -1.07. The largest absolute Gasteiger partial charge is 0.478 e. The van der Waals surface area contributed by atoms with Crippen molar-refractivity contribution < 1.29 is 14.7 Å². The molecule has 13 heavy (non-hydrogen) atoms. The first kappa shape index (κ1) is 9.40. The lowest BCUT2D eigenvalue weighted by molar-refractivity contribution is 0.0688. The fourth-order valence-corrected chi connectivity index (χ4v) is 0.837. The second-order valence-electron chi connectivity index (χ2n) is 2.09. The highest BCUT2D eigenvalue weighted by molar-refractivity contribution is 7.47. The van der Waals surface area contributed by atoms with Crippen LogP contribution in [0.4, 0.5) is 0 Å². The van der Waals surface area contributed by atoms with E-state index in [0.29, 0.717) is 0 Å². The molecule has 1 aromatic carbocycles. The topological polar surface area (TPSA) is 70.9 Å². The zero-order valence-electron chi connectivity index (χ0n) is 6.43. The maximum Gasteiger partial charge on any atom is 0.339 e. The molecule has 2 N–H and O–H groups in total. The summed E-state index contributed by atoms with van der Waals surface area (Å²) in [6.45, 7) is 0. The van der Waals surface area contributed by atoms with Crippen LogP contribution in [0.1, 0.15) is 10.4 Å². The van der Waals surface area contributed by atoms with Crippen LogP contribution in [0.2, 0.25) is 0 Å². The van der Waals surface area contributed by atoms with E-state index >= 15 is 0 Å². The fraction of sp³-hybridized carbons (Fsp3) is 0. The van der Waals surface area contributed by atoms with Gasteiger partial charge in [-0.25, -0.2) is 4.79 Å². The summed E-state index contributed by atoms with van der Waals surface area (Å²) in [6, 6.07) is 6.16. The molecule has 0 aliphatic rings. The average Bonchev–Trinajstić information content (AvgIpc) is 2.15. The summed E-state index contributed by atoms with van der Waals surface area (Å²) in [5.74, 6) is -0.898. The molecule has 5 nitrogen and oxygen atoms in total. The smallest absolute Gasteiger partial charge is 0.339 e. The Morgan fingerprint density at radius 2 is 2.23 bits per heavy atom. The molecule has 0 saturated heterocycles. The van der Waals surface area contributed by atoms with Crippen LogP contribution < -0.4 is 10.4 Å². The normalized spacial score (nSPS) is 8.92. The lowest BCUT2D eigenvalue weighted by Crippen LogP contribution is -2.12. The molecule has 0 aliphatic heterocycles. The number of benzene rings is 1. The Labute approximate surface area is 79.4 Å². The minimum Gasteiger partial charge on any atom is -0.478 e. The first-order chi connectivity index (χ1) is 6.25. The van der Waals surface area contributed by atoms with Gasteiger partial charge in [0.1, 0.15) is 5.56 Å². The number of aromatic carboxylic acids is 1. The van der Waals surface area contributed by atoms with Crippen LogP contribution in [0, 0.1) is 0 Å². The Morgan fingerprint density at radius 1 is 1.54 bits per heavy atom. The zero-order chi connectivity index (χ0) is 9.68. The molecule has 0 aromatic heterocycles. The Hall–Kier alpha value is -1.69. The van der Waals surface area contributed by atoms with Gasteiger partial charge in [0.25, 0.3) is 0 Å². The van der Waals surface area contributed by atoms with Gasteiger partial charge in [-0.15, -0.1) is 5.59 Å². The molecule has 68 valence electrons. The van der Waals surface area contributed by atoms with Crippen molar-refractivity contribution in [2.75, 3.05) is 0 Å². The number of rotatable bonds is 4. The standard InChI is InChI=1S/C7H6N2O3S/c10-7(11)5-3-1-2-4-6(5)12-8-9-13/h1-4H,(H,8,13)(H,10,11). The average molecular weight is 198 g/mol. The molecule has 0 heterocycles. The molecule has 0 amide bonds. The van der Waals surface area contributed by atoms with Crippen molar-refractivity contribution >= 4 is 18.4 Å². The predicted octanol–water partition coefficient (Wildman–Crippen LogP) is 0.914. The maximum absolute atomic E-state index is 10.6. The van der Waals surface area contributed by atoms with E-state index < -0.39 is 5.97 Å². The molecule has 6 heteroatoms. The van der Waals surface area contributed by atoms with Gasteiger partial charge in [0.2, 0.25) is 0 Å². The van der Waals surface area contributed by atoms with E-state index in [1.807, 2.05) is 5.59 Å². The first-order valence-electron chi connectivity index (χ1n) is 3.32. The van der Waals surface area contributed by atoms with Crippen LogP contribution in [0.25, 0.3) is 0 Å². The molecule has 0 atom stereocenters. The molecule has 0 radical (unpaired) electrons. The highest BCUT2D eigenvalue weighted by Gasteiger charge is 2.09. The van der Waals surface area contributed by atoms with Gasteiger partial charge >= 0.3 is 5.97 Å². The van der Waals surface area contributed by atoms with Gasteiger partial charge in [-0.05, 0) is 12.1 Å². The van der Waals surface area contributed by atoms with Crippen molar-refractivity contribution in [1.29, 1.82) is 0 Å². The molecule has 0 unspecified atom stereocenters. The fourth-order valence-electron chi connectivity index (χ4n) is 0.800. The predicted molar refractivity (Wildman–Crippen MR) is 47.0 cm³/mol. The number of hydrogen-bond donors (Lipinski definition) is 2. The third-order valence-corrected chi connectivity index (χ3v) is 1.38. The molecular formula is C7H6N2O3S.